The van der Waals surface area contributed by atoms with Crippen LogP contribution in [0.5, 0.6) is 11.5 Å². The van der Waals surface area contributed by atoms with E-state index >= 15 is 0 Å². The van der Waals surface area contributed by atoms with Crippen molar-refractivity contribution in [1.82, 2.24) is 10.2 Å². The topological polar surface area (TPSA) is 84.5 Å². The minimum absolute atomic E-state index is 0.0288. The molecule has 0 saturated carbocycles. The lowest BCUT2D eigenvalue weighted by atomic mass is 10.3. The third-order valence-corrected chi connectivity index (χ3v) is 5.45. The highest BCUT2D eigenvalue weighted by Gasteiger charge is 2.35. The minimum atomic E-state index is -4.65. The molecule has 0 atom stereocenters. The Morgan fingerprint density at radius 2 is 1.88 bits per heavy atom. The Labute approximate surface area is 147 Å². The summed E-state index contributed by atoms with van der Waals surface area (Å²) in [6.45, 7) is 2.32. The molecule has 142 valence electrons. The highest BCUT2D eigenvalue weighted by atomic mass is 32.2. The van der Waals surface area contributed by atoms with Gasteiger partial charge in [0.1, 0.15) is 18.9 Å². The van der Waals surface area contributed by atoms with E-state index < -0.39 is 21.9 Å². The summed E-state index contributed by atoms with van der Waals surface area (Å²) in [6.07, 6.45) is -4.26. The number of hydrogen-bond donors (Lipinski definition) is 1. The Kier molecular flexibility index (Phi) is 4.74. The van der Waals surface area contributed by atoms with Gasteiger partial charge < -0.3 is 9.47 Å². The van der Waals surface area contributed by atoms with Gasteiger partial charge in [0.05, 0.1) is 4.90 Å². The van der Waals surface area contributed by atoms with E-state index in [4.69, 9.17) is 9.47 Å². The molecule has 1 aliphatic rings. The predicted molar refractivity (Wildman–Crippen MR) is 85.8 cm³/mol. The van der Waals surface area contributed by atoms with E-state index in [0.29, 0.717) is 24.8 Å². The van der Waals surface area contributed by atoms with Crippen molar-refractivity contribution in [2.75, 3.05) is 24.1 Å². The number of anilines is 1. The molecule has 2 heterocycles. The molecular formula is C15H16F3N3O4S. The van der Waals surface area contributed by atoms with Crippen LogP contribution < -0.4 is 13.8 Å². The van der Waals surface area contributed by atoms with Gasteiger partial charge in [-0.2, -0.15) is 18.3 Å². The molecule has 0 spiro atoms. The molecule has 11 heteroatoms. The van der Waals surface area contributed by atoms with Crippen molar-refractivity contribution in [3.05, 3.63) is 30.0 Å². The second-order valence-electron chi connectivity index (χ2n) is 5.52. The monoisotopic (exact) mass is 391 g/mol. The van der Waals surface area contributed by atoms with Crippen molar-refractivity contribution in [1.29, 1.82) is 0 Å². The van der Waals surface area contributed by atoms with Crippen LogP contribution in [0.1, 0.15) is 19.0 Å². The van der Waals surface area contributed by atoms with E-state index in [9.17, 15) is 21.6 Å². The summed E-state index contributed by atoms with van der Waals surface area (Å²) < 4.78 is 75.9. The lowest BCUT2D eigenvalue weighted by Crippen LogP contribution is -2.32. The molecule has 3 rings (SSSR count). The number of aromatic amines is 1. The molecule has 2 aromatic rings. The lowest BCUT2D eigenvalue weighted by molar-refractivity contribution is -0.141. The van der Waals surface area contributed by atoms with Crippen LogP contribution in [0.2, 0.25) is 0 Å². The number of sulfonamides is 1. The fraction of sp³-hybridized carbons (Fsp3) is 0.400. The summed E-state index contributed by atoms with van der Waals surface area (Å²) >= 11 is 0. The van der Waals surface area contributed by atoms with Gasteiger partial charge in [0.15, 0.2) is 17.3 Å². The number of aromatic nitrogens is 2. The van der Waals surface area contributed by atoms with Crippen LogP contribution in [0.15, 0.2) is 29.2 Å². The van der Waals surface area contributed by atoms with Crippen LogP contribution in [-0.2, 0) is 16.2 Å². The maximum Gasteiger partial charge on any atom is 0.432 e. The van der Waals surface area contributed by atoms with E-state index in [1.807, 2.05) is 5.10 Å². The average Bonchev–Trinajstić information content (AvgIpc) is 3.09. The van der Waals surface area contributed by atoms with Crippen molar-refractivity contribution >= 4 is 15.8 Å². The average molecular weight is 391 g/mol. The molecule has 0 unspecified atom stereocenters. The number of rotatable bonds is 5. The molecule has 0 saturated heterocycles. The van der Waals surface area contributed by atoms with Gasteiger partial charge in [-0.15, -0.1) is 0 Å². The van der Waals surface area contributed by atoms with E-state index in [1.165, 1.54) is 18.2 Å². The third kappa shape index (κ3) is 3.43. The molecule has 1 aliphatic heterocycles. The van der Waals surface area contributed by atoms with E-state index in [1.54, 1.807) is 6.92 Å². The van der Waals surface area contributed by atoms with E-state index in [2.05, 4.69) is 5.10 Å². The first-order chi connectivity index (χ1) is 12.2. The second kappa shape index (κ2) is 6.71. The van der Waals surface area contributed by atoms with Crippen molar-refractivity contribution in [2.24, 2.45) is 0 Å². The number of alkyl halides is 3. The van der Waals surface area contributed by atoms with Crippen molar-refractivity contribution in [3.63, 3.8) is 0 Å². The maximum absolute atomic E-state index is 13.0. The summed E-state index contributed by atoms with van der Waals surface area (Å²) in [5, 5.41) is 5.36. The summed E-state index contributed by atoms with van der Waals surface area (Å²) in [4.78, 5) is -0.119. The van der Waals surface area contributed by atoms with Crippen LogP contribution in [0, 0.1) is 0 Å². The number of benzene rings is 1. The minimum Gasteiger partial charge on any atom is -0.486 e. The Morgan fingerprint density at radius 3 is 2.50 bits per heavy atom. The van der Waals surface area contributed by atoms with Crippen LogP contribution in [0.3, 0.4) is 0 Å². The molecule has 7 nitrogen and oxygen atoms in total. The Balaban J connectivity index is 2.00. The molecule has 0 aliphatic carbocycles. The number of nitrogens with zero attached hydrogens (tertiary/aromatic N) is 2. The molecular weight excluding hydrogens is 375 g/mol. The standard InChI is InChI=1S/C15H16F3N3O4S/c1-2-5-21(14-9-13(19-20-14)15(16,17)18)26(22,23)10-3-4-11-12(8-10)25-7-6-24-11/h3-4,8-9H,2,5-7H2,1H3,(H,19,20). The Bertz CT molecular complexity index is 896. The molecule has 0 fully saturated rings. The van der Waals surface area contributed by atoms with Crippen molar-refractivity contribution < 1.29 is 31.1 Å². The van der Waals surface area contributed by atoms with E-state index in [0.717, 1.165) is 4.31 Å². The number of nitrogens with one attached hydrogen (secondary N) is 1. The quantitative estimate of drug-likeness (QED) is 0.847. The fourth-order valence-electron chi connectivity index (χ4n) is 2.46. The zero-order chi connectivity index (χ0) is 18.9. The summed E-state index contributed by atoms with van der Waals surface area (Å²) in [6, 6.07) is 4.75. The fourth-order valence-corrected chi connectivity index (χ4v) is 3.97. The number of hydrogen-bond acceptors (Lipinski definition) is 5. The summed E-state index contributed by atoms with van der Waals surface area (Å²) in [7, 11) is -4.13. The second-order valence-corrected chi connectivity index (χ2v) is 7.38. The molecule has 0 bridgehead atoms. The van der Waals surface area contributed by atoms with Gasteiger partial charge in [0.25, 0.3) is 10.0 Å². The van der Waals surface area contributed by atoms with Gasteiger partial charge in [0, 0.05) is 18.7 Å². The Morgan fingerprint density at radius 1 is 1.19 bits per heavy atom. The first-order valence-electron chi connectivity index (χ1n) is 7.78. The van der Waals surface area contributed by atoms with Gasteiger partial charge >= 0.3 is 6.18 Å². The lowest BCUT2D eigenvalue weighted by Gasteiger charge is -2.23. The van der Waals surface area contributed by atoms with Crippen LogP contribution >= 0.6 is 0 Å². The largest absolute Gasteiger partial charge is 0.486 e. The molecule has 0 radical (unpaired) electrons. The smallest absolute Gasteiger partial charge is 0.432 e. The summed E-state index contributed by atoms with van der Waals surface area (Å²) in [5.41, 5.74) is -1.12. The SMILES string of the molecule is CCCN(c1cc(C(F)(F)F)[nH]n1)S(=O)(=O)c1ccc2c(c1)OCCO2. The Hall–Kier alpha value is -2.43. The summed E-state index contributed by atoms with van der Waals surface area (Å²) in [5.74, 6) is 0.359. The van der Waals surface area contributed by atoms with Gasteiger partial charge in [-0.3, -0.25) is 5.10 Å². The number of ether oxygens (including phenoxy) is 2. The third-order valence-electron chi connectivity index (χ3n) is 3.65. The number of H-pyrrole nitrogens is 1. The van der Waals surface area contributed by atoms with Crippen LogP contribution in [-0.4, -0.2) is 38.4 Å². The normalized spacial score (nSPS) is 14.3. The molecule has 1 aromatic carbocycles. The predicted octanol–water partition coefficient (Wildman–Crippen LogP) is 2.81. The zero-order valence-electron chi connectivity index (χ0n) is 13.7. The van der Waals surface area contributed by atoms with Crippen molar-refractivity contribution in [3.8, 4) is 11.5 Å². The molecule has 1 aromatic heterocycles. The first-order valence-corrected chi connectivity index (χ1v) is 9.22. The van der Waals surface area contributed by atoms with Gasteiger partial charge in [0.2, 0.25) is 0 Å². The van der Waals surface area contributed by atoms with Crippen LogP contribution in [0.25, 0.3) is 0 Å². The number of halogens is 3. The maximum atomic E-state index is 13.0. The number of fused-ring (bicyclic) bond motifs is 1. The van der Waals surface area contributed by atoms with E-state index in [-0.39, 0.29) is 29.6 Å². The molecule has 0 amide bonds. The first kappa shape index (κ1) is 18.4. The highest BCUT2D eigenvalue weighted by Crippen LogP contribution is 2.35. The highest BCUT2D eigenvalue weighted by molar-refractivity contribution is 7.92. The van der Waals surface area contributed by atoms with Gasteiger partial charge in [-0.1, -0.05) is 6.92 Å². The van der Waals surface area contributed by atoms with Crippen LogP contribution in [0.4, 0.5) is 19.0 Å². The van der Waals surface area contributed by atoms with Gasteiger partial charge in [-0.05, 0) is 18.6 Å². The zero-order valence-corrected chi connectivity index (χ0v) is 14.5. The molecule has 26 heavy (non-hydrogen) atoms. The van der Waals surface area contributed by atoms with Gasteiger partial charge in [-0.25, -0.2) is 12.7 Å². The molecule has 1 N–H and O–H groups in total. The van der Waals surface area contributed by atoms with Crippen molar-refractivity contribution in [2.45, 2.75) is 24.4 Å².